The summed E-state index contributed by atoms with van der Waals surface area (Å²) in [5, 5.41) is 10.3. The van der Waals surface area contributed by atoms with Crippen LogP contribution in [0.15, 0.2) is 23.3 Å². The average Bonchev–Trinajstić information content (AvgIpc) is 3.34. The van der Waals surface area contributed by atoms with Gasteiger partial charge in [-0.25, -0.2) is 0 Å². The number of hydrogen-bond acceptors (Lipinski definition) is 3. The molecule has 9 unspecified atom stereocenters. The van der Waals surface area contributed by atoms with Crippen LogP contribution < -0.4 is 0 Å². The van der Waals surface area contributed by atoms with E-state index in [1.54, 1.807) is 0 Å². The lowest BCUT2D eigenvalue weighted by molar-refractivity contribution is -0.119. The summed E-state index contributed by atoms with van der Waals surface area (Å²) in [6, 6.07) is 0. The molecule has 9 atom stereocenters. The average molecular weight is 427 g/mol. The zero-order valence-electron chi connectivity index (χ0n) is 20.4. The van der Waals surface area contributed by atoms with Gasteiger partial charge < -0.3 is 9.84 Å². The number of rotatable bonds is 4. The van der Waals surface area contributed by atoms with Crippen LogP contribution in [0.4, 0.5) is 0 Å². The highest BCUT2D eigenvalue weighted by Gasteiger charge is 2.76. The molecular formula is C28H42O3. The number of aliphatic hydroxyl groups excluding tert-OH is 1. The van der Waals surface area contributed by atoms with Crippen LogP contribution in [-0.2, 0) is 9.53 Å². The van der Waals surface area contributed by atoms with Crippen molar-refractivity contribution in [2.45, 2.75) is 104 Å². The molecule has 2 saturated carbocycles. The number of Topliss-reactive ketones (excluding diaryl/α,β-unsaturated/α-hetero) is 1. The molecule has 1 aliphatic heterocycles. The van der Waals surface area contributed by atoms with Gasteiger partial charge in [-0.05, 0) is 73.5 Å². The normalized spacial score (nSPS) is 48.3. The molecule has 0 amide bonds. The molecule has 0 aromatic heterocycles. The van der Waals surface area contributed by atoms with E-state index < -0.39 is 5.60 Å². The minimum Gasteiger partial charge on any atom is -0.393 e. The Balaban J connectivity index is 1.46. The maximum absolute atomic E-state index is 13.7. The largest absolute Gasteiger partial charge is 0.393 e. The van der Waals surface area contributed by atoms with Crippen LogP contribution in [0.1, 0.15) is 86.5 Å². The Morgan fingerprint density at radius 2 is 1.81 bits per heavy atom. The molecule has 5 rings (SSSR count). The highest BCUT2D eigenvalue weighted by atomic mass is 16.6. The van der Waals surface area contributed by atoms with Crippen molar-refractivity contribution in [3.63, 3.8) is 0 Å². The predicted molar refractivity (Wildman–Crippen MR) is 123 cm³/mol. The number of carbonyl (C=O) groups excluding carboxylic acids is 1. The van der Waals surface area contributed by atoms with Gasteiger partial charge in [-0.1, -0.05) is 59.3 Å². The Hall–Kier alpha value is -0.930. The summed E-state index contributed by atoms with van der Waals surface area (Å²) in [6.07, 6.45) is 11.3. The second kappa shape index (κ2) is 7.03. The van der Waals surface area contributed by atoms with Crippen LogP contribution in [-0.4, -0.2) is 28.7 Å². The second-order valence-electron chi connectivity index (χ2n) is 12.5. The third-order valence-corrected chi connectivity index (χ3v) is 10.7. The van der Waals surface area contributed by atoms with Gasteiger partial charge in [0.2, 0.25) is 0 Å². The number of aliphatic hydroxyl groups is 1. The topological polar surface area (TPSA) is 49.8 Å². The van der Waals surface area contributed by atoms with E-state index >= 15 is 0 Å². The SMILES string of the molecule is CC(C)C(C)C=CC(C)C1CCC2C3=C(CCC21C)C1(C)CCC(O)CC12OC2C3=O. The number of epoxide rings is 1. The molecule has 3 fully saturated rings. The molecule has 0 aromatic carbocycles. The summed E-state index contributed by atoms with van der Waals surface area (Å²) in [5.74, 6) is 3.13. The molecule has 5 aliphatic rings. The van der Waals surface area contributed by atoms with E-state index in [-0.39, 0.29) is 28.8 Å². The fraction of sp³-hybridized carbons (Fsp3) is 0.821. The van der Waals surface area contributed by atoms with Crippen molar-refractivity contribution in [3.05, 3.63) is 23.3 Å². The maximum atomic E-state index is 13.7. The number of fused-ring (bicyclic) bond motifs is 3. The van der Waals surface area contributed by atoms with Gasteiger partial charge in [-0.15, -0.1) is 0 Å². The first-order valence-electron chi connectivity index (χ1n) is 12.9. The van der Waals surface area contributed by atoms with Crippen molar-refractivity contribution >= 4 is 5.78 Å². The van der Waals surface area contributed by atoms with Gasteiger partial charge in [0, 0.05) is 17.4 Å². The summed E-state index contributed by atoms with van der Waals surface area (Å²) >= 11 is 0. The lowest BCUT2D eigenvalue weighted by Gasteiger charge is -2.52. The van der Waals surface area contributed by atoms with Crippen molar-refractivity contribution in [2.75, 3.05) is 0 Å². The van der Waals surface area contributed by atoms with Crippen LogP contribution in [0.3, 0.4) is 0 Å². The Bertz CT molecular complexity index is 839. The highest BCUT2D eigenvalue weighted by Crippen LogP contribution is 2.71. The first kappa shape index (κ1) is 21.9. The molecule has 31 heavy (non-hydrogen) atoms. The lowest BCUT2D eigenvalue weighted by Crippen LogP contribution is -2.53. The number of hydrogen-bond donors (Lipinski definition) is 1. The van der Waals surface area contributed by atoms with Gasteiger partial charge in [-0.2, -0.15) is 0 Å². The van der Waals surface area contributed by atoms with Crippen LogP contribution in [0.5, 0.6) is 0 Å². The summed E-state index contributed by atoms with van der Waals surface area (Å²) in [6.45, 7) is 14.1. The zero-order valence-corrected chi connectivity index (χ0v) is 20.4. The number of ketones is 1. The van der Waals surface area contributed by atoms with Crippen LogP contribution in [0, 0.1) is 40.4 Å². The van der Waals surface area contributed by atoms with E-state index in [0.29, 0.717) is 36.0 Å². The third-order valence-electron chi connectivity index (χ3n) is 10.7. The fourth-order valence-corrected chi connectivity index (χ4v) is 8.21. The maximum Gasteiger partial charge on any atom is 0.190 e. The summed E-state index contributed by atoms with van der Waals surface area (Å²) in [4.78, 5) is 13.7. The Morgan fingerprint density at radius 1 is 1.06 bits per heavy atom. The monoisotopic (exact) mass is 426 g/mol. The molecule has 1 spiro atoms. The van der Waals surface area contributed by atoms with E-state index in [4.69, 9.17) is 4.74 Å². The first-order chi connectivity index (χ1) is 14.5. The van der Waals surface area contributed by atoms with Gasteiger partial charge in [-0.3, -0.25) is 4.79 Å². The molecule has 4 aliphatic carbocycles. The Labute approximate surface area is 188 Å². The Kier molecular flexibility index (Phi) is 4.97. The third kappa shape index (κ3) is 2.88. The number of carbonyl (C=O) groups is 1. The van der Waals surface area contributed by atoms with E-state index in [1.165, 1.54) is 24.0 Å². The quantitative estimate of drug-likeness (QED) is 0.452. The van der Waals surface area contributed by atoms with E-state index in [1.807, 2.05) is 0 Å². The van der Waals surface area contributed by atoms with Crippen LogP contribution >= 0.6 is 0 Å². The molecule has 3 nitrogen and oxygen atoms in total. The highest BCUT2D eigenvalue weighted by molar-refractivity contribution is 6.05. The molecule has 0 aromatic rings. The Morgan fingerprint density at radius 3 is 2.52 bits per heavy atom. The molecule has 3 heteroatoms. The fourth-order valence-electron chi connectivity index (χ4n) is 8.21. The first-order valence-corrected chi connectivity index (χ1v) is 12.9. The molecule has 0 radical (unpaired) electrons. The standard InChI is InChI=1S/C28H42O3/c1-16(2)17(3)7-8-18(4)20-9-10-21-23-22(12-13-26(20,21)5)27(6)14-11-19(29)15-28(27)25(31-28)24(23)30/h7-8,16-21,25,29H,9-15H2,1-6H3. The van der Waals surface area contributed by atoms with E-state index in [2.05, 4.69) is 53.7 Å². The minimum absolute atomic E-state index is 0.0578. The minimum atomic E-state index is -0.407. The van der Waals surface area contributed by atoms with Crippen molar-refractivity contribution in [2.24, 2.45) is 40.4 Å². The predicted octanol–water partition coefficient (Wildman–Crippen LogP) is 5.87. The lowest BCUT2D eigenvalue weighted by atomic mass is 9.50. The van der Waals surface area contributed by atoms with Gasteiger partial charge in [0.25, 0.3) is 0 Å². The summed E-state index contributed by atoms with van der Waals surface area (Å²) in [7, 11) is 0. The smallest absolute Gasteiger partial charge is 0.190 e. The van der Waals surface area contributed by atoms with Crippen LogP contribution in [0.25, 0.3) is 0 Å². The van der Waals surface area contributed by atoms with Crippen molar-refractivity contribution in [1.82, 2.24) is 0 Å². The van der Waals surface area contributed by atoms with E-state index in [9.17, 15) is 9.90 Å². The van der Waals surface area contributed by atoms with E-state index in [0.717, 1.165) is 25.7 Å². The number of ether oxygens (including phenoxy) is 1. The molecule has 1 heterocycles. The second-order valence-corrected chi connectivity index (χ2v) is 12.5. The van der Waals surface area contributed by atoms with Crippen LogP contribution in [0.2, 0.25) is 0 Å². The molecular weight excluding hydrogens is 384 g/mol. The van der Waals surface area contributed by atoms with Gasteiger partial charge in [0.1, 0.15) is 5.60 Å². The summed E-state index contributed by atoms with van der Waals surface area (Å²) in [5.41, 5.74) is 2.32. The van der Waals surface area contributed by atoms with Crippen molar-refractivity contribution in [3.8, 4) is 0 Å². The van der Waals surface area contributed by atoms with Crippen molar-refractivity contribution in [1.29, 1.82) is 0 Å². The van der Waals surface area contributed by atoms with Crippen molar-refractivity contribution < 1.29 is 14.6 Å². The van der Waals surface area contributed by atoms with Gasteiger partial charge in [0.15, 0.2) is 11.9 Å². The molecule has 1 N–H and O–H groups in total. The summed E-state index contributed by atoms with van der Waals surface area (Å²) < 4.78 is 6.23. The zero-order chi connectivity index (χ0) is 22.3. The molecule has 1 saturated heterocycles. The number of allylic oxidation sites excluding steroid dienone is 2. The van der Waals surface area contributed by atoms with Gasteiger partial charge >= 0.3 is 0 Å². The van der Waals surface area contributed by atoms with Gasteiger partial charge in [0.05, 0.1) is 6.10 Å². The molecule has 0 bridgehead atoms. The molecule has 172 valence electrons.